The lowest BCUT2D eigenvalue weighted by molar-refractivity contribution is -0.118. The molecule has 0 saturated heterocycles. The molecule has 0 spiro atoms. The maximum absolute atomic E-state index is 14.1. The molecule has 0 aromatic heterocycles. The second kappa shape index (κ2) is 8.19. The van der Waals surface area contributed by atoms with Crippen molar-refractivity contribution in [1.29, 1.82) is 0 Å². The van der Waals surface area contributed by atoms with Crippen molar-refractivity contribution in [2.75, 3.05) is 18.7 Å². The molecule has 1 aliphatic heterocycles. The Bertz CT molecular complexity index is 865. The average molecular weight is 384 g/mol. The first-order valence-electron chi connectivity index (χ1n) is 9.77. The van der Waals surface area contributed by atoms with Crippen LogP contribution >= 0.6 is 0 Å². The van der Waals surface area contributed by atoms with Crippen LogP contribution in [0, 0.1) is 12.7 Å². The molecule has 1 amide bonds. The molecule has 1 fully saturated rings. The van der Waals surface area contributed by atoms with Gasteiger partial charge >= 0.3 is 0 Å². The van der Waals surface area contributed by atoms with Crippen molar-refractivity contribution >= 4 is 11.6 Å². The average Bonchev–Trinajstić information content (AvgIpc) is 3.34. The highest BCUT2D eigenvalue weighted by Crippen LogP contribution is 2.33. The SMILES string of the molecule is Cc1ccc(NC(=O)CN(Cc2ccc3c(c2)OCO3)C2CCCC2)c(F)c1. The summed E-state index contributed by atoms with van der Waals surface area (Å²) in [6, 6.07) is 11.1. The second-order valence-electron chi connectivity index (χ2n) is 7.56. The second-order valence-corrected chi connectivity index (χ2v) is 7.56. The molecule has 2 aromatic carbocycles. The van der Waals surface area contributed by atoms with Gasteiger partial charge in [-0.2, -0.15) is 0 Å². The fourth-order valence-corrected chi connectivity index (χ4v) is 3.95. The summed E-state index contributed by atoms with van der Waals surface area (Å²) in [4.78, 5) is 14.8. The van der Waals surface area contributed by atoms with Gasteiger partial charge in [-0.25, -0.2) is 4.39 Å². The van der Waals surface area contributed by atoms with E-state index in [4.69, 9.17) is 9.47 Å². The number of nitrogens with one attached hydrogen (secondary N) is 1. The standard InChI is InChI=1S/C22H25FN2O3/c1-15-6-8-19(18(23)10-15)24-22(26)13-25(17-4-2-3-5-17)12-16-7-9-20-21(11-16)28-14-27-20/h6-11,17H,2-5,12-14H2,1H3,(H,24,26). The molecule has 5 nitrogen and oxygen atoms in total. The lowest BCUT2D eigenvalue weighted by Crippen LogP contribution is -2.39. The van der Waals surface area contributed by atoms with Crippen LogP contribution in [0.25, 0.3) is 0 Å². The third-order valence-corrected chi connectivity index (χ3v) is 5.41. The van der Waals surface area contributed by atoms with Gasteiger partial charge in [-0.05, 0) is 55.2 Å². The van der Waals surface area contributed by atoms with Crippen LogP contribution in [0.5, 0.6) is 11.5 Å². The highest BCUT2D eigenvalue weighted by Gasteiger charge is 2.25. The smallest absolute Gasteiger partial charge is 0.238 e. The summed E-state index contributed by atoms with van der Waals surface area (Å²) in [5.74, 6) is 0.894. The highest BCUT2D eigenvalue weighted by molar-refractivity contribution is 5.92. The fourth-order valence-electron chi connectivity index (χ4n) is 3.95. The van der Waals surface area contributed by atoms with Gasteiger partial charge in [0.2, 0.25) is 12.7 Å². The van der Waals surface area contributed by atoms with Crippen LogP contribution in [0.4, 0.5) is 10.1 Å². The third-order valence-electron chi connectivity index (χ3n) is 5.41. The number of ether oxygens (including phenoxy) is 2. The molecule has 0 unspecified atom stereocenters. The zero-order valence-corrected chi connectivity index (χ0v) is 16.0. The maximum atomic E-state index is 14.1. The first kappa shape index (κ1) is 18.7. The number of carbonyl (C=O) groups excluding carboxylic acids is 1. The molecule has 1 aliphatic carbocycles. The van der Waals surface area contributed by atoms with Crippen molar-refractivity contribution in [2.24, 2.45) is 0 Å². The third kappa shape index (κ3) is 4.28. The summed E-state index contributed by atoms with van der Waals surface area (Å²) < 4.78 is 24.9. The van der Waals surface area contributed by atoms with Crippen molar-refractivity contribution in [3.63, 3.8) is 0 Å². The molecular weight excluding hydrogens is 359 g/mol. The number of carbonyl (C=O) groups is 1. The Hall–Kier alpha value is -2.60. The first-order chi connectivity index (χ1) is 13.6. The van der Waals surface area contributed by atoms with Crippen molar-refractivity contribution in [3.8, 4) is 11.5 Å². The molecule has 0 atom stereocenters. The number of fused-ring (bicyclic) bond motifs is 1. The summed E-state index contributed by atoms with van der Waals surface area (Å²) in [7, 11) is 0. The monoisotopic (exact) mass is 384 g/mol. The normalized spacial score (nSPS) is 16.0. The molecular formula is C22H25FN2O3. The Kier molecular flexibility index (Phi) is 5.48. The van der Waals surface area contributed by atoms with Crippen LogP contribution in [-0.4, -0.2) is 30.2 Å². The van der Waals surface area contributed by atoms with E-state index >= 15 is 0 Å². The summed E-state index contributed by atoms with van der Waals surface area (Å²) >= 11 is 0. The van der Waals surface area contributed by atoms with Gasteiger partial charge in [0.15, 0.2) is 11.5 Å². The molecule has 6 heteroatoms. The predicted molar refractivity (Wildman–Crippen MR) is 105 cm³/mol. The molecule has 1 N–H and O–H groups in total. The molecule has 0 bridgehead atoms. The molecule has 0 radical (unpaired) electrons. The number of nitrogens with zero attached hydrogens (tertiary/aromatic N) is 1. The lowest BCUT2D eigenvalue weighted by atomic mass is 10.1. The molecule has 28 heavy (non-hydrogen) atoms. The van der Waals surface area contributed by atoms with Gasteiger partial charge in [-0.3, -0.25) is 9.69 Å². The zero-order valence-electron chi connectivity index (χ0n) is 16.0. The van der Waals surface area contributed by atoms with E-state index in [-0.39, 0.29) is 24.9 Å². The Morgan fingerprint density at radius 1 is 1.14 bits per heavy atom. The van der Waals surface area contributed by atoms with Gasteiger partial charge in [0.05, 0.1) is 12.2 Å². The highest BCUT2D eigenvalue weighted by atomic mass is 19.1. The zero-order chi connectivity index (χ0) is 19.5. The minimum Gasteiger partial charge on any atom is -0.454 e. The Balaban J connectivity index is 1.46. The summed E-state index contributed by atoms with van der Waals surface area (Å²) in [6.07, 6.45) is 4.51. The van der Waals surface area contributed by atoms with Gasteiger partial charge in [-0.15, -0.1) is 0 Å². The van der Waals surface area contributed by atoms with Crippen molar-refractivity contribution in [1.82, 2.24) is 4.90 Å². The van der Waals surface area contributed by atoms with E-state index in [2.05, 4.69) is 10.2 Å². The van der Waals surface area contributed by atoms with Crippen molar-refractivity contribution in [3.05, 3.63) is 53.3 Å². The summed E-state index contributed by atoms with van der Waals surface area (Å²) in [6.45, 7) is 2.94. The van der Waals surface area contributed by atoms with E-state index in [1.165, 1.54) is 18.9 Å². The van der Waals surface area contributed by atoms with E-state index in [1.54, 1.807) is 12.1 Å². The Labute approximate surface area is 164 Å². The van der Waals surface area contributed by atoms with Crippen molar-refractivity contribution in [2.45, 2.75) is 45.2 Å². The largest absolute Gasteiger partial charge is 0.454 e. The summed E-state index contributed by atoms with van der Waals surface area (Å²) in [5, 5.41) is 2.72. The lowest BCUT2D eigenvalue weighted by Gasteiger charge is -2.28. The quantitative estimate of drug-likeness (QED) is 0.809. The van der Waals surface area contributed by atoms with Crippen LogP contribution in [0.3, 0.4) is 0 Å². The number of hydrogen-bond donors (Lipinski definition) is 1. The van der Waals surface area contributed by atoms with E-state index in [0.717, 1.165) is 35.5 Å². The number of rotatable bonds is 6. The van der Waals surface area contributed by atoms with Gasteiger partial charge in [-0.1, -0.05) is 25.0 Å². The van der Waals surface area contributed by atoms with E-state index in [9.17, 15) is 9.18 Å². The van der Waals surface area contributed by atoms with Gasteiger partial charge in [0, 0.05) is 12.6 Å². The molecule has 2 aromatic rings. The maximum Gasteiger partial charge on any atom is 0.238 e. The van der Waals surface area contributed by atoms with E-state index in [1.807, 2.05) is 25.1 Å². The van der Waals surface area contributed by atoms with Gasteiger partial charge in [0.25, 0.3) is 0 Å². The Morgan fingerprint density at radius 2 is 1.93 bits per heavy atom. The molecule has 1 saturated carbocycles. The molecule has 1 heterocycles. The molecule has 4 rings (SSSR count). The number of hydrogen-bond acceptors (Lipinski definition) is 4. The topological polar surface area (TPSA) is 50.8 Å². The molecule has 2 aliphatic rings. The van der Waals surface area contributed by atoms with E-state index < -0.39 is 5.82 Å². The van der Waals surface area contributed by atoms with Crippen LogP contribution in [0.15, 0.2) is 36.4 Å². The van der Waals surface area contributed by atoms with E-state index in [0.29, 0.717) is 12.6 Å². The number of amides is 1. The van der Waals surface area contributed by atoms with Gasteiger partial charge in [0.1, 0.15) is 5.82 Å². The number of anilines is 1. The first-order valence-corrected chi connectivity index (χ1v) is 9.77. The van der Waals surface area contributed by atoms with Crippen LogP contribution < -0.4 is 14.8 Å². The minimum atomic E-state index is -0.406. The van der Waals surface area contributed by atoms with Crippen LogP contribution in [-0.2, 0) is 11.3 Å². The predicted octanol–water partition coefficient (Wildman–Crippen LogP) is 4.25. The van der Waals surface area contributed by atoms with Crippen LogP contribution in [0.1, 0.15) is 36.8 Å². The number of aryl methyl sites for hydroxylation is 1. The van der Waals surface area contributed by atoms with Crippen LogP contribution in [0.2, 0.25) is 0 Å². The summed E-state index contributed by atoms with van der Waals surface area (Å²) in [5.41, 5.74) is 2.13. The minimum absolute atomic E-state index is 0.199. The number of benzene rings is 2. The fraction of sp³-hybridized carbons (Fsp3) is 0.409. The van der Waals surface area contributed by atoms with Crippen molar-refractivity contribution < 1.29 is 18.7 Å². The number of halogens is 1. The molecule has 148 valence electrons. The Morgan fingerprint density at radius 3 is 2.71 bits per heavy atom. The van der Waals surface area contributed by atoms with Gasteiger partial charge < -0.3 is 14.8 Å².